The van der Waals surface area contributed by atoms with Gasteiger partial charge in [0.05, 0.1) is 5.73 Å². The van der Waals surface area contributed by atoms with E-state index in [0.717, 1.165) is 6.61 Å². The Hall–Kier alpha value is -2.42. The van der Waals surface area contributed by atoms with Crippen molar-refractivity contribution in [3.05, 3.63) is 84.9 Å². The lowest BCUT2D eigenvalue weighted by Crippen LogP contribution is -2.54. The molecule has 0 radical (unpaired) electrons. The molecule has 0 aliphatic carbocycles. The van der Waals surface area contributed by atoms with Crippen molar-refractivity contribution in [3.8, 4) is 0 Å². The number of ether oxygens (including phenoxy) is 1. The second-order valence-corrected chi connectivity index (χ2v) is 10.5. The molecule has 0 spiro atoms. The first-order valence-electron chi connectivity index (χ1n) is 9.99. The number of hydrogen-bond acceptors (Lipinski definition) is 1. The van der Waals surface area contributed by atoms with E-state index < -0.39 is 8.80 Å². The maximum Gasteiger partial charge on any atom is 0.136 e. The predicted octanol–water partition coefficient (Wildman–Crippen LogP) is 4.44. The summed E-state index contributed by atoms with van der Waals surface area (Å²) in [6.45, 7) is 0.906. The van der Waals surface area contributed by atoms with Gasteiger partial charge in [-0.1, -0.05) is 84.9 Å². The summed E-state index contributed by atoms with van der Waals surface area (Å²) in [4.78, 5) is 0. The summed E-state index contributed by atoms with van der Waals surface area (Å²) in [6, 6.07) is 31.3. The zero-order valence-electron chi connectivity index (χ0n) is 15.5. The van der Waals surface area contributed by atoms with Crippen LogP contribution in [0.1, 0.15) is 19.3 Å². The molecule has 4 aromatic carbocycles. The summed E-state index contributed by atoms with van der Waals surface area (Å²) in [5.74, 6) is 0. The standard InChI is InChI=1S/C25H24OSi/c1-3-13-21-19(9-1)11-7-15-23(21)27(25-17-5-6-18-26-25)24-16-8-12-20-10-2-4-14-22(20)24/h1-4,7-16,25,27H,5-6,17-18H2. The van der Waals surface area contributed by atoms with Crippen molar-refractivity contribution in [3.63, 3.8) is 0 Å². The molecule has 0 aromatic heterocycles. The Morgan fingerprint density at radius 2 is 1.19 bits per heavy atom. The molecule has 0 N–H and O–H groups in total. The predicted molar refractivity (Wildman–Crippen MR) is 118 cm³/mol. The summed E-state index contributed by atoms with van der Waals surface area (Å²) >= 11 is 0. The molecule has 5 rings (SSSR count). The van der Waals surface area contributed by atoms with Gasteiger partial charge in [0.25, 0.3) is 0 Å². The third-order valence-corrected chi connectivity index (χ3v) is 9.52. The van der Waals surface area contributed by atoms with Crippen LogP contribution in [-0.4, -0.2) is 21.1 Å². The number of fused-ring (bicyclic) bond motifs is 2. The summed E-state index contributed by atoms with van der Waals surface area (Å²) < 4.78 is 6.41. The molecule has 4 aromatic rings. The molecule has 134 valence electrons. The molecule has 27 heavy (non-hydrogen) atoms. The molecule has 1 fully saturated rings. The molecule has 0 amide bonds. The highest BCUT2D eigenvalue weighted by atomic mass is 28.3. The molecule has 0 bridgehead atoms. The Bertz CT molecular complexity index is 992. The normalized spacial score (nSPS) is 17.6. The minimum Gasteiger partial charge on any atom is -0.381 e. The van der Waals surface area contributed by atoms with Crippen LogP contribution in [0.4, 0.5) is 0 Å². The highest BCUT2D eigenvalue weighted by Crippen LogP contribution is 2.21. The van der Waals surface area contributed by atoms with Gasteiger partial charge in [0.2, 0.25) is 0 Å². The first-order chi connectivity index (χ1) is 13.4. The van der Waals surface area contributed by atoms with Gasteiger partial charge in [-0.25, -0.2) is 0 Å². The first kappa shape index (κ1) is 16.7. The van der Waals surface area contributed by atoms with Crippen molar-refractivity contribution >= 4 is 40.7 Å². The third-order valence-electron chi connectivity index (χ3n) is 5.90. The van der Waals surface area contributed by atoms with Crippen molar-refractivity contribution in [1.29, 1.82) is 0 Å². The SMILES string of the molecule is c1ccc2c([SiH](c3cccc4ccccc34)C3CCCCO3)cccc2c1. The fraction of sp³-hybridized carbons (Fsp3) is 0.200. The van der Waals surface area contributed by atoms with E-state index >= 15 is 0 Å². The number of hydrogen-bond donors (Lipinski definition) is 0. The second kappa shape index (κ2) is 7.30. The quantitative estimate of drug-likeness (QED) is 0.486. The maximum atomic E-state index is 6.41. The molecular weight excluding hydrogens is 344 g/mol. The zero-order valence-corrected chi connectivity index (χ0v) is 16.6. The van der Waals surface area contributed by atoms with E-state index in [-0.39, 0.29) is 0 Å². The Morgan fingerprint density at radius 3 is 1.74 bits per heavy atom. The van der Waals surface area contributed by atoms with Gasteiger partial charge in [0, 0.05) is 6.61 Å². The van der Waals surface area contributed by atoms with Gasteiger partial charge in [0.15, 0.2) is 0 Å². The van der Waals surface area contributed by atoms with E-state index in [1.54, 1.807) is 0 Å². The Morgan fingerprint density at radius 1 is 0.630 bits per heavy atom. The molecule has 1 atom stereocenters. The minimum atomic E-state index is -1.55. The summed E-state index contributed by atoms with van der Waals surface area (Å²) in [5.41, 5.74) is 0.371. The van der Waals surface area contributed by atoms with Crippen LogP contribution in [0.15, 0.2) is 84.9 Å². The van der Waals surface area contributed by atoms with Crippen LogP contribution in [-0.2, 0) is 4.74 Å². The number of benzene rings is 4. The monoisotopic (exact) mass is 368 g/mol. The largest absolute Gasteiger partial charge is 0.381 e. The third kappa shape index (κ3) is 3.09. The molecule has 1 nitrogen and oxygen atoms in total. The maximum absolute atomic E-state index is 6.41. The van der Waals surface area contributed by atoms with Gasteiger partial charge in [-0.15, -0.1) is 0 Å². The lowest BCUT2D eigenvalue weighted by Gasteiger charge is -2.31. The van der Waals surface area contributed by atoms with Gasteiger partial charge in [-0.3, -0.25) is 0 Å². The van der Waals surface area contributed by atoms with Crippen molar-refractivity contribution in [2.45, 2.75) is 25.0 Å². The fourth-order valence-electron chi connectivity index (χ4n) is 4.64. The van der Waals surface area contributed by atoms with E-state index in [4.69, 9.17) is 4.74 Å². The lowest BCUT2D eigenvalue weighted by atomic mass is 10.1. The van der Waals surface area contributed by atoms with Gasteiger partial charge >= 0.3 is 0 Å². The molecule has 1 heterocycles. The van der Waals surface area contributed by atoms with E-state index in [0.29, 0.717) is 5.73 Å². The second-order valence-electron chi connectivity index (χ2n) is 7.52. The van der Waals surface area contributed by atoms with E-state index in [2.05, 4.69) is 84.9 Å². The highest BCUT2D eigenvalue weighted by Gasteiger charge is 2.31. The minimum absolute atomic E-state index is 0.371. The van der Waals surface area contributed by atoms with E-state index in [9.17, 15) is 0 Å². The topological polar surface area (TPSA) is 9.23 Å². The molecule has 1 unspecified atom stereocenters. The molecule has 2 heteroatoms. The Labute approximate surface area is 162 Å². The van der Waals surface area contributed by atoms with Crippen LogP contribution in [0.3, 0.4) is 0 Å². The van der Waals surface area contributed by atoms with Crippen molar-refractivity contribution in [2.24, 2.45) is 0 Å². The van der Waals surface area contributed by atoms with Crippen LogP contribution < -0.4 is 10.4 Å². The Kier molecular flexibility index (Phi) is 4.52. The van der Waals surface area contributed by atoms with Crippen molar-refractivity contribution in [2.75, 3.05) is 6.61 Å². The van der Waals surface area contributed by atoms with Crippen LogP contribution in [0, 0.1) is 0 Å². The molecule has 1 aliphatic heterocycles. The molecule has 1 aliphatic rings. The van der Waals surface area contributed by atoms with Gasteiger partial charge in [-0.05, 0) is 51.2 Å². The van der Waals surface area contributed by atoms with Crippen molar-refractivity contribution < 1.29 is 4.74 Å². The van der Waals surface area contributed by atoms with Crippen LogP contribution in [0.25, 0.3) is 21.5 Å². The molecular formula is C25H24OSi. The highest BCUT2D eigenvalue weighted by molar-refractivity contribution is 6.89. The molecule has 0 saturated carbocycles. The average Bonchev–Trinajstić information content (AvgIpc) is 2.75. The zero-order chi connectivity index (χ0) is 18.1. The van der Waals surface area contributed by atoms with Crippen LogP contribution >= 0.6 is 0 Å². The average molecular weight is 369 g/mol. The Balaban J connectivity index is 1.76. The van der Waals surface area contributed by atoms with Crippen molar-refractivity contribution in [1.82, 2.24) is 0 Å². The van der Waals surface area contributed by atoms with Crippen LogP contribution in [0.2, 0.25) is 0 Å². The smallest absolute Gasteiger partial charge is 0.136 e. The summed E-state index contributed by atoms with van der Waals surface area (Å²) in [6.07, 6.45) is 3.66. The van der Waals surface area contributed by atoms with Crippen LogP contribution in [0.5, 0.6) is 0 Å². The van der Waals surface area contributed by atoms with Gasteiger partial charge in [0.1, 0.15) is 8.80 Å². The summed E-state index contributed by atoms with van der Waals surface area (Å²) in [7, 11) is -1.55. The molecule has 1 saturated heterocycles. The van der Waals surface area contributed by atoms with Gasteiger partial charge in [-0.2, -0.15) is 0 Å². The first-order valence-corrected chi connectivity index (χ1v) is 11.8. The summed E-state index contributed by atoms with van der Waals surface area (Å²) in [5, 5.41) is 8.53. The van der Waals surface area contributed by atoms with E-state index in [1.165, 1.54) is 51.2 Å². The van der Waals surface area contributed by atoms with E-state index in [1.807, 2.05) is 0 Å². The lowest BCUT2D eigenvalue weighted by molar-refractivity contribution is 0.0644. The van der Waals surface area contributed by atoms with Gasteiger partial charge < -0.3 is 4.74 Å². The fourth-order valence-corrected chi connectivity index (χ4v) is 8.51. The number of rotatable bonds is 3.